The number of carbonyl (C=O) groups is 1. The first-order valence-corrected chi connectivity index (χ1v) is 29.7. The third kappa shape index (κ3) is 32.2. The molecule has 0 aromatic carbocycles. The molecule has 2 saturated heterocycles. The van der Waals surface area contributed by atoms with Crippen LogP contribution in [0.5, 0.6) is 0 Å². The van der Waals surface area contributed by atoms with E-state index in [0.29, 0.717) is 12.8 Å². The van der Waals surface area contributed by atoms with Crippen LogP contribution in [0.25, 0.3) is 0 Å². The van der Waals surface area contributed by atoms with E-state index in [1.807, 2.05) is 6.08 Å². The molecule has 2 aliphatic rings. The number of hydrogen-bond donors (Lipinski definition) is 9. The van der Waals surface area contributed by atoms with Gasteiger partial charge in [0.2, 0.25) is 5.91 Å². The Morgan fingerprint density at radius 1 is 0.480 bits per heavy atom. The van der Waals surface area contributed by atoms with Crippen molar-refractivity contribution in [1.82, 2.24) is 5.32 Å². The summed E-state index contributed by atoms with van der Waals surface area (Å²) in [6, 6.07) is -0.943. The zero-order chi connectivity index (χ0) is 54.6. The van der Waals surface area contributed by atoms with Crippen molar-refractivity contribution < 1.29 is 64.6 Å². The van der Waals surface area contributed by atoms with E-state index >= 15 is 0 Å². The molecule has 0 aromatic heterocycles. The van der Waals surface area contributed by atoms with Crippen LogP contribution in [0.4, 0.5) is 0 Å². The highest BCUT2D eigenvalue weighted by Gasteiger charge is 2.51. The average Bonchev–Trinajstić information content (AvgIpc) is 3.41. The van der Waals surface area contributed by atoms with Crippen LogP contribution in [-0.2, 0) is 23.7 Å². The molecule has 2 fully saturated rings. The summed E-state index contributed by atoms with van der Waals surface area (Å²) in [6.45, 7) is 2.74. The van der Waals surface area contributed by atoms with Gasteiger partial charge in [0.15, 0.2) is 12.6 Å². The minimum absolute atomic E-state index is 0.260. The number of amides is 1. The number of unbranched alkanes of at least 4 members (excludes halogenated alkanes) is 23. The largest absolute Gasteiger partial charge is 0.394 e. The molecule has 0 radical (unpaired) electrons. The van der Waals surface area contributed by atoms with E-state index in [2.05, 4.69) is 79.9 Å². The van der Waals surface area contributed by atoms with Crippen LogP contribution >= 0.6 is 0 Å². The third-order valence-electron chi connectivity index (χ3n) is 14.1. The van der Waals surface area contributed by atoms with Gasteiger partial charge in [-0.15, -0.1) is 0 Å². The fourth-order valence-corrected chi connectivity index (χ4v) is 9.27. The van der Waals surface area contributed by atoms with E-state index in [1.165, 1.54) is 116 Å². The second kappa shape index (κ2) is 46.4. The molecule has 0 saturated carbocycles. The van der Waals surface area contributed by atoms with Crippen LogP contribution in [0.3, 0.4) is 0 Å². The number of aliphatic hydroxyl groups excluding tert-OH is 8. The fraction of sp³-hybridized carbons (Fsp3) is 0.787. The molecule has 2 rings (SSSR count). The lowest BCUT2D eigenvalue weighted by Gasteiger charge is -2.46. The molecule has 0 bridgehead atoms. The molecule has 0 aliphatic carbocycles. The van der Waals surface area contributed by atoms with Crippen LogP contribution in [0.1, 0.15) is 213 Å². The Hall–Kier alpha value is -2.57. The van der Waals surface area contributed by atoms with E-state index in [0.717, 1.165) is 64.2 Å². The van der Waals surface area contributed by atoms with Gasteiger partial charge in [0, 0.05) is 6.42 Å². The Balaban J connectivity index is 1.77. The second-order valence-corrected chi connectivity index (χ2v) is 20.7. The van der Waals surface area contributed by atoms with Crippen molar-refractivity contribution in [3.63, 3.8) is 0 Å². The summed E-state index contributed by atoms with van der Waals surface area (Å²) in [7, 11) is 0. The van der Waals surface area contributed by atoms with Crippen molar-refractivity contribution in [3.8, 4) is 0 Å². The molecule has 12 unspecified atom stereocenters. The molecular weight excluding hydrogens is 955 g/mol. The number of ether oxygens (including phenoxy) is 4. The lowest BCUT2D eigenvalue weighted by atomic mass is 9.97. The summed E-state index contributed by atoms with van der Waals surface area (Å²) < 4.78 is 22.7. The summed E-state index contributed by atoms with van der Waals surface area (Å²) in [5.41, 5.74) is 0. The number of carbonyl (C=O) groups excluding carboxylic acids is 1. The molecule has 14 heteroatoms. The van der Waals surface area contributed by atoms with Crippen molar-refractivity contribution in [2.75, 3.05) is 19.8 Å². The SMILES string of the molecule is CCCCCCC/C=C\C/C=C\C/C=C\CCCCCCCCCCCCC(=O)NC(COC1OC(CO)C(OC2OC(CO)C(O)C(O)C2O)C(O)C1O)C(O)/C=C/CC/C=C/CC/C=C/CCCCCCCC. The molecule has 434 valence electrons. The van der Waals surface area contributed by atoms with Gasteiger partial charge in [-0.1, -0.05) is 196 Å². The summed E-state index contributed by atoms with van der Waals surface area (Å²) >= 11 is 0. The summed E-state index contributed by atoms with van der Waals surface area (Å²) in [5, 5.41) is 87.0. The molecule has 1 amide bonds. The maximum absolute atomic E-state index is 13.2. The number of nitrogens with one attached hydrogen (secondary N) is 1. The first kappa shape index (κ1) is 68.5. The lowest BCUT2D eigenvalue weighted by molar-refractivity contribution is -0.359. The molecule has 0 spiro atoms. The molecule has 14 nitrogen and oxygen atoms in total. The Morgan fingerprint density at radius 3 is 1.40 bits per heavy atom. The number of rotatable bonds is 46. The van der Waals surface area contributed by atoms with Crippen molar-refractivity contribution in [3.05, 3.63) is 72.9 Å². The summed E-state index contributed by atoms with van der Waals surface area (Å²) in [6.07, 6.45) is 43.6. The summed E-state index contributed by atoms with van der Waals surface area (Å²) in [4.78, 5) is 13.2. The number of aliphatic hydroxyl groups is 8. The Labute approximate surface area is 453 Å². The van der Waals surface area contributed by atoms with Gasteiger partial charge in [0.05, 0.1) is 32.0 Å². The Bertz CT molecular complexity index is 1530. The maximum atomic E-state index is 13.2. The quantitative estimate of drug-likeness (QED) is 0.0205. The minimum Gasteiger partial charge on any atom is -0.394 e. The highest BCUT2D eigenvalue weighted by atomic mass is 16.7. The van der Waals surface area contributed by atoms with Gasteiger partial charge in [0.25, 0.3) is 0 Å². The van der Waals surface area contributed by atoms with Crippen LogP contribution in [0.15, 0.2) is 72.9 Å². The van der Waals surface area contributed by atoms with Gasteiger partial charge in [-0.05, 0) is 83.5 Å². The molecule has 75 heavy (non-hydrogen) atoms. The van der Waals surface area contributed by atoms with Crippen LogP contribution in [-0.4, -0.2) is 140 Å². The molecule has 0 aromatic rings. The van der Waals surface area contributed by atoms with Gasteiger partial charge >= 0.3 is 0 Å². The van der Waals surface area contributed by atoms with Gasteiger partial charge in [0.1, 0.15) is 48.8 Å². The minimum atomic E-state index is -1.80. The number of hydrogen-bond acceptors (Lipinski definition) is 13. The van der Waals surface area contributed by atoms with Crippen LogP contribution < -0.4 is 5.32 Å². The maximum Gasteiger partial charge on any atom is 0.220 e. The predicted octanol–water partition coefficient (Wildman–Crippen LogP) is 9.94. The van der Waals surface area contributed by atoms with Crippen molar-refractivity contribution in [1.29, 1.82) is 0 Å². The standard InChI is InChI=1S/C61H107NO13/c1-3-5-7-9-11-13-15-17-19-21-22-23-24-25-26-27-28-29-31-33-35-37-39-41-43-45-53(66)62-49(50(65)44-42-40-38-36-34-32-30-20-18-16-14-12-10-8-6-4-2)48-72-60-58(71)56(69)59(52(47-64)74-60)75-61-57(70)55(68)54(67)51(46-63)73-61/h15,17-18,20-22,24-25,34,36,42,44,49-52,54-61,63-65,67-71H,3-14,16,19,23,26-33,35,37-41,43,45-48H2,1-2H3,(H,62,66)/b17-15-,20-18+,22-21-,25-24-,36-34+,44-42+. The van der Waals surface area contributed by atoms with Crippen LogP contribution in [0.2, 0.25) is 0 Å². The molecule has 2 aliphatic heterocycles. The Kier molecular flexibility index (Phi) is 42.4. The second-order valence-electron chi connectivity index (χ2n) is 20.7. The first-order valence-electron chi connectivity index (χ1n) is 29.7. The normalized spacial score (nSPS) is 25.6. The lowest BCUT2D eigenvalue weighted by Crippen LogP contribution is -2.65. The van der Waals surface area contributed by atoms with E-state index in [4.69, 9.17) is 18.9 Å². The van der Waals surface area contributed by atoms with E-state index in [9.17, 15) is 45.6 Å². The van der Waals surface area contributed by atoms with Gasteiger partial charge in [-0.3, -0.25) is 4.79 Å². The highest BCUT2D eigenvalue weighted by molar-refractivity contribution is 5.76. The Morgan fingerprint density at radius 2 is 0.893 bits per heavy atom. The molecule has 12 atom stereocenters. The van der Waals surface area contributed by atoms with Crippen molar-refractivity contribution in [2.24, 2.45) is 0 Å². The third-order valence-corrected chi connectivity index (χ3v) is 14.1. The molecule has 9 N–H and O–H groups in total. The zero-order valence-corrected chi connectivity index (χ0v) is 46.5. The van der Waals surface area contributed by atoms with Gasteiger partial charge in [-0.25, -0.2) is 0 Å². The monoisotopic (exact) mass is 1060 g/mol. The van der Waals surface area contributed by atoms with Crippen LogP contribution in [0, 0.1) is 0 Å². The number of allylic oxidation sites excluding steroid dienone is 11. The summed E-state index contributed by atoms with van der Waals surface area (Å²) in [5.74, 6) is -0.260. The average molecular weight is 1060 g/mol. The van der Waals surface area contributed by atoms with E-state index in [-0.39, 0.29) is 18.9 Å². The smallest absolute Gasteiger partial charge is 0.220 e. The van der Waals surface area contributed by atoms with Crippen molar-refractivity contribution >= 4 is 5.91 Å². The molecule has 2 heterocycles. The predicted molar refractivity (Wildman–Crippen MR) is 300 cm³/mol. The van der Waals surface area contributed by atoms with E-state index < -0.39 is 86.8 Å². The van der Waals surface area contributed by atoms with Gasteiger partial charge in [-0.2, -0.15) is 0 Å². The first-order chi connectivity index (χ1) is 36.6. The van der Waals surface area contributed by atoms with E-state index in [1.54, 1.807) is 6.08 Å². The highest BCUT2D eigenvalue weighted by Crippen LogP contribution is 2.30. The zero-order valence-electron chi connectivity index (χ0n) is 46.5. The topological polar surface area (TPSA) is 228 Å². The van der Waals surface area contributed by atoms with Crippen molar-refractivity contribution in [2.45, 2.75) is 286 Å². The van der Waals surface area contributed by atoms with Gasteiger partial charge < -0.3 is 65.1 Å². The fourth-order valence-electron chi connectivity index (χ4n) is 9.27. The molecular formula is C61H107NO13.